The van der Waals surface area contributed by atoms with E-state index in [1.54, 1.807) is 20.8 Å². The van der Waals surface area contributed by atoms with Gasteiger partial charge in [-0.05, 0) is 45.4 Å². The Hall–Kier alpha value is -2.94. The van der Waals surface area contributed by atoms with Crippen molar-refractivity contribution in [3.63, 3.8) is 0 Å². The average Bonchev–Trinajstić information content (AvgIpc) is 2.94. The fourth-order valence-corrected chi connectivity index (χ4v) is 3.82. The van der Waals surface area contributed by atoms with E-state index in [1.165, 1.54) is 31.2 Å². The van der Waals surface area contributed by atoms with E-state index in [9.17, 15) is 22.8 Å². The van der Waals surface area contributed by atoms with Gasteiger partial charge in [0.25, 0.3) is 0 Å². The lowest BCUT2D eigenvalue weighted by atomic mass is 10.1. The summed E-state index contributed by atoms with van der Waals surface area (Å²) in [7, 11) is -3.65. The van der Waals surface area contributed by atoms with E-state index in [-0.39, 0.29) is 28.3 Å². The van der Waals surface area contributed by atoms with Crippen LogP contribution in [0.15, 0.2) is 29.2 Å². The summed E-state index contributed by atoms with van der Waals surface area (Å²) in [6.07, 6.45) is -0.225. The van der Waals surface area contributed by atoms with Crippen LogP contribution in [0.25, 0.3) is 0 Å². The van der Waals surface area contributed by atoms with E-state index in [0.717, 1.165) is 6.26 Å². The van der Waals surface area contributed by atoms with E-state index >= 15 is 0 Å². The molecule has 29 heavy (non-hydrogen) atoms. The second-order valence-electron chi connectivity index (χ2n) is 6.53. The number of hydrogen-bond acceptors (Lipinski definition) is 7. The number of hydrogen-bond donors (Lipinski definition) is 1. The molecule has 0 radical (unpaired) electrons. The SMILES string of the molecule is CCOC(=O)c1c(C)[nH]c(C(=O)[C@@H](C)OC(=O)c2ccccc2S(C)(=O)=O)c1C. The molecule has 0 bridgehead atoms. The second-order valence-corrected chi connectivity index (χ2v) is 8.51. The zero-order valence-corrected chi connectivity index (χ0v) is 17.7. The van der Waals surface area contributed by atoms with Crippen LogP contribution >= 0.6 is 0 Å². The predicted molar refractivity (Wildman–Crippen MR) is 105 cm³/mol. The molecule has 2 rings (SSSR count). The number of aromatic amines is 1. The van der Waals surface area contributed by atoms with Crippen molar-refractivity contribution >= 4 is 27.6 Å². The summed E-state index contributed by atoms with van der Waals surface area (Å²) in [5.41, 5.74) is 1.09. The lowest BCUT2D eigenvalue weighted by Gasteiger charge is -2.14. The van der Waals surface area contributed by atoms with Crippen molar-refractivity contribution in [1.82, 2.24) is 4.98 Å². The summed E-state index contributed by atoms with van der Waals surface area (Å²) in [5.74, 6) is -2.03. The summed E-state index contributed by atoms with van der Waals surface area (Å²) in [6, 6.07) is 5.60. The number of carbonyl (C=O) groups excluding carboxylic acids is 3. The van der Waals surface area contributed by atoms with E-state index in [2.05, 4.69) is 4.98 Å². The van der Waals surface area contributed by atoms with Gasteiger partial charge >= 0.3 is 11.9 Å². The molecule has 1 N–H and O–H groups in total. The van der Waals surface area contributed by atoms with Gasteiger partial charge in [-0.25, -0.2) is 18.0 Å². The van der Waals surface area contributed by atoms with E-state index in [1.807, 2.05) is 0 Å². The first-order valence-electron chi connectivity index (χ1n) is 8.89. The Kier molecular flexibility index (Phi) is 6.63. The molecule has 0 aliphatic rings. The number of Topliss-reactive ketones (excluding diaryl/α,β-unsaturated/α-hetero) is 1. The molecule has 1 atom stereocenters. The van der Waals surface area contributed by atoms with Crippen molar-refractivity contribution in [3.8, 4) is 0 Å². The first kappa shape index (κ1) is 22.4. The van der Waals surface area contributed by atoms with Crippen molar-refractivity contribution < 1.29 is 32.3 Å². The summed E-state index contributed by atoms with van der Waals surface area (Å²) >= 11 is 0. The molecule has 1 aromatic carbocycles. The molecule has 0 unspecified atom stereocenters. The maximum Gasteiger partial charge on any atom is 0.340 e. The van der Waals surface area contributed by atoms with Gasteiger partial charge in [0.15, 0.2) is 15.9 Å². The number of sulfone groups is 1. The summed E-state index contributed by atoms with van der Waals surface area (Å²) in [4.78, 5) is 40.0. The highest BCUT2D eigenvalue weighted by Crippen LogP contribution is 2.22. The van der Waals surface area contributed by atoms with Crippen LogP contribution in [0.5, 0.6) is 0 Å². The molecule has 156 valence electrons. The zero-order chi connectivity index (χ0) is 21.9. The van der Waals surface area contributed by atoms with Gasteiger partial charge in [0.1, 0.15) is 0 Å². The standard InChI is InChI=1S/C20H23NO7S/c1-6-27-20(24)16-11(2)17(21-12(16)3)18(22)13(4)28-19(23)14-9-7-8-10-15(14)29(5,25)26/h7-10,13,21H,6H2,1-5H3/t13-/m1/s1. The van der Waals surface area contributed by atoms with Crippen LogP contribution < -0.4 is 0 Å². The number of rotatable bonds is 7. The molecule has 1 heterocycles. The zero-order valence-electron chi connectivity index (χ0n) is 16.9. The molecule has 8 nitrogen and oxygen atoms in total. The molecular weight excluding hydrogens is 398 g/mol. The van der Waals surface area contributed by atoms with Gasteiger partial charge in [0, 0.05) is 11.9 Å². The highest BCUT2D eigenvalue weighted by molar-refractivity contribution is 7.90. The fraction of sp³-hybridized carbons (Fsp3) is 0.350. The summed E-state index contributed by atoms with van der Waals surface area (Å²) in [6.45, 7) is 6.48. The third kappa shape index (κ3) is 4.73. The van der Waals surface area contributed by atoms with Crippen molar-refractivity contribution in [2.75, 3.05) is 12.9 Å². The van der Waals surface area contributed by atoms with E-state index < -0.39 is 33.7 Å². The Balaban J connectivity index is 2.28. The van der Waals surface area contributed by atoms with Crippen molar-refractivity contribution in [3.05, 3.63) is 52.3 Å². The van der Waals surface area contributed by atoms with Gasteiger partial charge in [-0.15, -0.1) is 0 Å². The monoisotopic (exact) mass is 421 g/mol. The molecule has 0 aliphatic carbocycles. The number of carbonyl (C=O) groups is 3. The lowest BCUT2D eigenvalue weighted by molar-refractivity contribution is 0.0313. The van der Waals surface area contributed by atoms with Crippen LogP contribution in [0.1, 0.15) is 56.3 Å². The van der Waals surface area contributed by atoms with Gasteiger partial charge in [-0.2, -0.15) is 0 Å². The normalized spacial score (nSPS) is 12.3. The Morgan fingerprint density at radius 2 is 1.72 bits per heavy atom. The Morgan fingerprint density at radius 1 is 1.10 bits per heavy atom. The third-order valence-corrected chi connectivity index (χ3v) is 5.48. The molecule has 0 spiro atoms. The van der Waals surface area contributed by atoms with Gasteiger partial charge in [-0.1, -0.05) is 12.1 Å². The van der Waals surface area contributed by atoms with Crippen LogP contribution in [-0.2, 0) is 19.3 Å². The van der Waals surface area contributed by atoms with Crippen LogP contribution in [0, 0.1) is 13.8 Å². The summed E-state index contributed by atoms with van der Waals surface area (Å²) in [5, 5.41) is 0. The van der Waals surface area contributed by atoms with Gasteiger partial charge in [0.2, 0.25) is 5.78 Å². The van der Waals surface area contributed by atoms with Gasteiger partial charge in [0.05, 0.1) is 28.3 Å². The van der Waals surface area contributed by atoms with Gasteiger partial charge in [-0.3, -0.25) is 4.79 Å². The lowest BCUT2D eigenvalue weighted by Crippen LogP contribution is -2.26. The molecule has 9 heteroatoms. The quantitative estimate of drug-likeness (QED) is 0.539. The molecule has 0 fully saturated rings. The number of esters is 2. The highest BCUT2D eigenvalue weighted by atomic mass is 32.2. The number of benzene rings is 1. The highest BCUT2D eigenvalue weighted by Gasteiger charge is 2.29. The fourth-order valence-electron chi connectivity index (χ4n) is 2.95. The maximum atomic E-state index is 12.8. The van der Waals surface area contributed by atoms with Crippen molar-refractivity contribution in [2.45, 2.75) is 38.7 Å². The van der Waals surface area contributed by atoms with Crippen molar-refractivity contribution in [1.29, 1.82) is 0 Å². The molecule has 0 aliphatic heterocycles. The second kappa shape index (κ2) is 8.60. The minimum Gasteiger partial charge on any atom is -0.462 e. The van der Waals surface area contributed by atoms with Crippen LogP contribution in [0.3, 0.4) is 0 Å². The predicted octanol–water partition coefficient (Wildman–Crippen LogP) is 2.64. The van der Waals surface area contributed by atoms with E-state index in [0.29, 0.717) is 11.3 Å². The van der Waals surface area contributed by atoms with Crippen LogP contribution in [0.2, 0.25) is 0 Å². The number of ether oxygens (including phenoxy) is 2. The first-order valence-corrected chi connectivity index (χ1v) is 10.8. The molecular formula is C20H23NO7S. The van der Waals surface area contributed by atoms with Gasteiger partial charge < -0.3 is 14.5 Å². The number of aromatic nitrogens is 1. The van der Waals surface area contributed by atoms with Crippen LogP contribution in [-0.4, -0.2) is 50.1 Å². The van der Waals surface area contributed by atoms with E-state index in [4.69, 9.17) is 9.47 Å². The minimum atomic E-state index is -3.65. The average molecular weight is 421 g/mol. The van der Waals surface area contributed by atoms with Crippen molar-refractivity contribution in [2.24, 2.45) is 0 Å². The summed E-state index contributed by atoms with van der Waals surface area (Å²) < 4.78 is 34.0. The smallest absolute Gasteiger partial charge is 0.340 e. The number of nitrogens with one attached hydrogen (secondary N) is 1. The Bertz CT molecular complexity index is 1070. The Morgan fingerprint density at radius 3 is 2.31 bits per heavy atom. The first-order chi connectivity index (χ1) is 13.5. The molecule has 0 saturated carbocycles. The third-order valence-electron chi connectivity index (χ3n) is 4.32. The molecule has 2 aromatic rings. The maximum absolute atomic E-state index is 12.8. The molecule has 0 amide bonds. The number of aryl methyl sites for hydroxylation is 1. The minimum absolute atomic E-state index is 0.127. The number of ketones is 1. The Labute approximate surface area is 169 Å². The number of H-pyrrole nitrogens is 1. The molecule has 1 aromatic heterocycles. The largest absolute Gasteiger partial charge is 0.462 e. The van der Waals surface area contributed by atoms with Crippen LogP contribution in [0.4, 0.5) is 0 Å². The topological polar surface area (TPSA) is 120 Å². The molecule has 0 saturated heterocycles.